The molecule has 0 saturated carbocycles. The third kappa shape index (κ3) is 1.93. The third-order valence-corrected chi connectivity index (χ3v) is 3.62. The number of hydrogen-bond acceptors (Lipinski definition) is 2. The molecule has 1 aliphatic rings. The molecule has 0 radical (unpaired) electrons. The summed E-state index contributed by atoms with van der Waals surface area (Å²) in [6.45, 7) is 6.32. The number of alkyl halides is 1. The van der Waals surface area contributed by atoms with Gasteiger partial charge in [0.15, 0.2) is 5.67 Å². The van der Waals surface area contributed by atoms with Crippen molar-refractivity contribution in [2.45, 2.75) is 32.9 Å². The van der Waals surface area contributed by atoms with Crippen molar-refractivity contribution in [3.8, 4) is 5.75 Å². The first-order valence-corrected chi connectivity index (χ1v) is 6.04. The van der Waals surface area contributed by atoms with E-state index < -0.39 is 11.1 Å². The number of benzene rings is 1. The monoisotopic (exact) mass is 237 g/mol. The van der Waals surface area contributed by atoms with Crippen molar-refractivity contribution in [1.82, 2.24) is 0 Å². The molecule has 0 aliphatic carbocycles. The molecule has 3 heteroatoms. The maximum atomic E-state index is 15.1. The fraction of sp³-hybridized carbons (Fsp3) is 0.571. The van der Waals surface area contributed by atoms with Crippen LogP contribution in [-0.4, -0.2) is 13.2 Å². The average Bonchev–Trinajstić information content (AvgIpc) is 2.73. The standard InChI is InChI=1S/C14H20FNO/c1-13(2,3)14(15,9-16)11-4-5-12-10(8-11)6-7-17-12/h4-5,8H,6-7,9,16H2,1-3H3. The minimum Gasteiger partial charge on any atom is -0.493 e. The Morgan fingerprint density at radius 1 is 1.35 bits per heavy atom. The Morgan fingerprint density at radius 2 is 2.06 bits per heavy atom. The number of ether oxygens (including phenoxy) is 1. The van der Waals surface area contributed by atoms with Gasteiger partial charge in [0.2, 0.25) is 0 Å². The van der Waals surface area contributed by atoms with Crippen molar-refractivity contribution >= 4 is 0 Å². The van der Waals surface area contributed by atoms with Gasteiger partial charge >= 0.3 is 0 Å². The lowest BCUT2D eigenvalue weighted by Crippen LogP contribution is -2.42. The zero-order chi connectivity index (χ0) is 12.7. The molecular weight excluding hydrogens is 217 g/mol. The van der Waals surface area contributed by atoms with E-state index >= 15 is 4.39 Å². The van der Waals surface area contributed by atoms with Crippen LogP contribution in [0.25, 0.3) is 0 Å². The first kappa shape index (κ1) is 12.4. The average molecular weight is 237 g/mol. The van der Waals surface area contributed by atoms with Gasteiger partial charge in [-0.1, -0.05) is 26.8 Å². The summed E-state index contributed by atoms with van der Waals surface area (Å²) in [7, 11) is 0. The maximum Gasteiger partial charge on any atom is 0.152 e. The molecule has 1 aromatic carbocycles. The summed E-state index contributed by atoms with van der Waals surface area (Å²) in [6.07, 6.45) is 0.855. The molecule has 0 spiro atoms. The van der Waals surface area contributed by atoms with E-state index in [-0.39, 0.29) is 6.54 Å². The normalized spacial score (nSPS) is 18.4. The Kier molecular flexibility index (Phi) is 2.90. The van der Waals surface area contributed by atoms with Crippen LogP contribution in [0.3, 0.4) is 0 Å². The number of rotatable bonds is 2. The molecule has 2 rings (SSSR count). The summed E-state index contributed by atoms with van der Waals surface area (Å²) in [5.74, 6) is 0.877. The van der Waals surface area contributed by atoms with Crippen LogP contribution in [0, 0.1) is 5.41 Å². The van der Waals surface area contributed by atoms with Crippen LogP contribution in [-0.2, 0) is 12.1 Å². The Bertz CT molecular complexity index is 425. The topological polar surface area (TPSA) is 35.2 Å². The van der Waals surface area contributed by atoms with E-state index in [1.807, 2.05) is 32.9 Å². The smallest absolute Gasteiger partial charge is 0.152 e. The minimum absolute atomic E-state index is 0.00383. The van der Waals surface area contributed by atoms with E-state index in [9.17, 15) is 0 Å². The first-order valence-electron chi connectivity index (χ1n) is 6.04. The molecule has 0 amide bonds. The second kappa shape index (κ2) is 3.98. The van der Waals surface area contributed by atoms with E-state index in [1.165, 1.54) is 0 Å². The molecule has 0 fully saturated rings. The van der Waals surface area contributed by atoms with Gasteiger partial charge in [0.05, 0.1) is 6.61 Å². The van der Waals surface area contributed by atoms with E-state index in [1.54, 1.807) is 6.07 Å². The maximum absolute atomic E-state index is 15.1. The van der Waals surface area contributed by atoms with Crippen LogP contribution in [0.2, 0.25) is 0 Å². The number of hydrogen-bond donors (Lipinski definition) is 1. The van der Waals surface area contributed by atoms with Crippen LogP contribution in [0.15, 0.2) is 18.2 Å². The highest BCUT2D eigenvalue weighted by molar-refractivity contribution is 5.42. The Balaban J connectivity index is 2.45. The second-order valence-corrected chi connectivity index (χ2v) is 5.68. The molecule has 0 aromatic heterocycles. The van der Waals surface area contributed by atoms with Crippen LogP contribution < -0.4 is 10.5 Å². The Hall–Kier alpha value is -1.09. The van der Waals surface area contributed by atoms with Gasteiger partial charge in [-0.3, -0.25) is 0 Å². The van der Waals surface area contributed by atoms with Gasteiger partial charge < -0.3 is 10.5 Å². The predicted octanol–water partition coefficient (Wildman–Crippen LogP) is 2.79. The van der Waals surface area contributed by atoms with Crippen LogP contribution in [0.5, 0.6) is 5.75 Å². The van der Waals surface area contributed by atoms with Gasteiger partial charge in [0.25, 0.3) is 0 Å². The lowest BCUT2D eigenvalue weighted by atomic mass is 9.73. The molecule has 2 N–H and O–H groups in total. The number of fused-ring (bicyclic) bond motifs is 1. The quantitative estimate of drug-likeness (QED) is 0.858. The van der Waals surface area contributed by atoms with Crippen molar-refractivity contribution in [2.75, 3.05) is 13.2 Å². The lowest BCUT2D eigenvalue weighted by molar-refractivity contribution is 0.0342. The summed E-state index contributed by atoms with van der Waals surface area (Å²) in [4.78, 5) is 0. The lowest BCUT2D eigenvalue weighted by Gasteiger charge is -2.37. The van der Waals surface area contributed by atoms with Crippen LogP contribution >= 0.6 is 0 Å². The fourth-order valence-electron chi connectivity index (χ4n) is 2.29. The molecule has 17 heavy (non-hydrogen) atoms. The number of halogens is 1. The minimum atomic E-state index is -1.50. The molecule has 1 heterocycles. The van der Waals surface area contributed by atoms with Gasteiger partial charge in [-0.25, -0.2) is 4.39 Å². The van der Waals surface area contributed by atoms with E-state index in [2.05, 4.69) is 0 Å². The van der Waals surface area contributed by atoms with Crippen molar-refractivity contribution in [2.24, 2.45) is 11.1 Å². The summed E-state index contributed by atoms with van der Waals surface area (Å²) < 4.78 is 20.5. The molecule has 0 bridgehead atoms. The highest BCUT2D eigenvalue weighted by Gasteiger charge is 2.43. The molecule has 94 valence electrons. The second-order valence-electron chi connectivity index (χ2n) is 5.68. The predicted molar refractivity (Wildman–Crippen MR) is 66.9 cm³/mol. The van der Waals surface area contributed by atoms with Crippen molar-refractivity contribution in [1.29, 1.82) is 0 Å². The largest absolute Gasteiger partial charge is 0.493 e. The fourth-order valence-corrected chi connectivity index (χ4v) is 2.29. The third-order valence-electron chi connectivity index (χ3n) is 3.62. The van der Waals surface area contributed by atoms with Gasteiger partial charge in [-0.15, -0.1) is 0 Å². The zero-order valence-corrected chi connectivity index (χ0v) is 10.7. The van der Waals surface area contributed by atoms with Gasteiger partial charge in [-0.05, 0) is 23.3 Å². The zero-order valence-electron chi connectivity index (χ0n) is 10.7. The molecule has 1 unspecified atom stereocenters. The van der Waals surface area contributed by atoms with Gasteiger partial charge in [0, 0.05) is 18.4 Å². The van der Waals surface area contributed by atoms with Crippen molar-refractivity contribution < 1.29 is 9.13 Å². The summed E-state index contributed by atoms with van der Waals surface area (Å²) in [6, 6.07) is 5.55. The number of nitrogens with two attached hydrogens (primary N) is 1. The molecular formula is C14H20FNO. The van der Waals surface area contributed by atoms with E-state index in [4.69, 9.17) is 10.5 Å². The molecule has 1 atom stereocenters. The SMILES string of the molecule is CC(C)(C)C(F)(CN)c1ccc2c(c1)CCO2. The Morgan fingerprint density at radius 3 is 2.65 bits per heavy atom. The summed E-state index contributed by atoms with van der Waals surface area (Å²) >= 11 is 0. The highest BCUT2D eigenvalue weighted by atomic mass is 19.1. The summed E-state index contributed by atoms with van der Waals surface area (Å²) in [5, 5.41) is 0. The van der Waals surface area contributed by atoms with E-state index in [0.717, 1.165) is 17.7 Å². The highest BCUT2D eigenvalue weighted by Crippen LogP contribution is 2.43. The van der Waals surface area contributed by atoms with Crippen LogP contribution in [0.4, 0.5) is 4.39 Å². The van der Waals surface area contributed by atoms with Crippen molar-refractivity contribution in [3.63, 3.8) is 0 Å². The molecule has 2 nitrogen and oxygen atoms in total. The molecule has 0 saturated heterocycles. The van der Waals surface area contributed by atoms with Gasteiger partial charge in [0.1, 0.15) is 5.75 Å². The molecule has 1 aromatic rings. The van der Waals surface area contributed by atoms with E-state index in [0.29, 0.717) is 12.2 Å². The first-order chi connectivity index (χ1) is 7.88. The summed E-state index contributed by atoms with van der Waals surface area (Å²) in [5.41, 5.74) is 5.40. The van der Waals surface area contributed by atoms with Gasteiger partial charge in [-0.2, -0.15) is 0 Å². The molecule has 1 aliphatic heterocycles. The van der Waals surface area contributed by atoms with Crippen molar-refractivity contribution in [3.05, 3.63) is 29.3 Å². The van der Waals surface area contributed by atoms with Crippen LogP contribution in [0.1, 0.15) is 31.9 Å². The Labute approximate surface area is 102 Å².